The molecule has 2 aliphatic heterocycles. The first-order valence-electron chi connectivity index (χ1n) is 8.87. The molecule has 1 fully saturated rings. The Morgan fingerprint density at radius 1 is 1.38 bits per heavy atom. The topological polar surface area (TPSA) is 79.3 Å². The molecule has 0 spiro atoms. The van der Waals surface area contributed by atoms with Crippen molar-refractivity contribution in [3.8, 4) is 5.88 Å². The number of piperazine rings is 1. The van der Waals surface area contributed by atoms with Gasteiger partial charge in [0.1, 0.15) is 5.60 Å². The Labute approximate surface area is 154 Å². The first kappa shape index (κ1) is 18.3. The van der Waals surface area contributed by atoms with Gasteiger partial charge in [0.25, 0.3) is 0 Å². The number of guanidine groups is 1. The summed E-state index contributed by atoms with van der Waals surface area (Å²) in [5.41, 5.74) is 0.606. The summed E-state index contributed by atoms with van der Waals surface area (Å²) < 4.78 is 10.6. The molecular formula is C18H27N5O3. The fourth-order valence-electron chi connectivity index (χ4n) is 3.08. The molecule has 1 N–H and O–H groups in total. The average Bonchev–Trinajstić information content (AvgIpc) is 3.01. The number of nitrogens with zero attached hydrogens (tertiary/aromatic N) is 4. The number of rotatable bonds is 3. The molecule has 3 heterocycles. The van der Waals surface area contributed by atoms with Gasteiger partial charge in [-0.3, -0.25) is 4.99 Å². The second-order valence-corrected chi connectivity index (χ2v) is 7.50. The molecule has 0 saturated carbocycles. The van der Waals surface area contributed by atoms with Gasteiger partial charge in [-0.15, -0.1) is 0 Å². The van der Waals surface area contributed by atoms with E-state index in [9.17, 15) is 4.79 Å². The number of ether oxygens (including phenoxy) is 2. The Hall–Kier alpha value is -2.51. The van der Waals surface area contributed by atoms with Crippen molar-refractivity contribution >= 4 is 12.1 Å². The molecular weight excluding hydrogens is 334 g/mol. The third-order valence-electron chi connectivity index (χ3n) is 4.32. The SMILES string of the molecule is COc1cc(CNC2=NCC3CN(C(=O)OC(C)(C)C)CCN23)ccn1. The van der Waals surface area contributed by atoms with E-state index in [1.165, 1.54) is 0 Å². The van der Waals surface area contributed by atoms with Crippen molar-refractivity contribution in [3.63, 3.8) is 0 Å². The zero-order valence-corrected chi connectivity index (χ0v) is 15.9. The summed E-state index contributed by atoms with van der Waals surface area (Å²) in [5, 5.41) is 3.39. The molecule has 1 atom stereocenters. The monoisotopic (exact) mass is 361 g/mol. The molecule has 3 rings (SSSR count). The summed E-state index contributed by atoms with van der Waals surface area (Å²) in [6.07, 6.45) is 1.48. The molecule has 8 nitrogen and oxygen atoms in total. The lowest BCUT2D eigenvalue weighted by Gasteiger charge is -2.39. The predicted molar refractivity (Wildman–Crippen MR) is 98.2 cm³/mol. The van der Waals surface area contributed by atoms with E-state index in [4.69, 9.17) is 9.47 Å². The third-order valence-corrected chi connectivity index (χ3v) is 4.32. The van der Waals surface area contributed by atoms with Crippen LogP contribution in [-0.4, -0.2) is 71.8 Å². The standard InChI is InChI=1S/C18H27N5O3/c1-18(2,3)26-17(24)22-7-8-23-14(12-22)11-21-16(23)20-10-13-5-6-19-15(9-13)25-4/h5-6,9,14H,7-8,10-12H2,1-4H3,(H,20,21). The van der Waals surface area contributed by atoms with Crippen LogP contribution in [0.3, 0.4) is 0 Å². The Morgan fingerprint density at radius 2 is 2.19 bits per heavy atom. The van der Waals surface area contributed by atoms with E-state index in [-0.39, 0.29) is 12.1 Å². The van der Waals surface area contributed by atoms with Crippen LogP contribution in [0.1, 0.15) is 26.3 Å². The number of methoxy groups -OCH3 is 1. The van der Waals surface area contributed by atoms with Gasteiger partial charge in [-0.05, 0) is 32.4 Å². The van der Waals surface area contributed by atoms with E-state index < -0.39 is 5.60 Å². The van der Waals surface area contributed by atoms with E-state index in [1.807, 2.05) is 32.9 Å². The molecule has 26 heavy (non-hydrogen) atoms. The predicted octanol–water partition coefficient (Wildman–Crippen LogP) is 1.47. The van der Waals surface area contributed by atoms with E-state index >= 15 is 0 Å². The van der Waals surface area contributed by atoms with Crippen molar-refractivity contribution in [1.29, 1.82) is 0 Å². The van der Waals surface area contributed by atoms with E-state index in [0.717, 1.165) is 18.1 Å². The quantitative estimate of drug-likeness (QED) is 0.878. The zero-order chi connectivity index (χ0) is 18.7. The fraction of sp³-hybridized carbons (Fsp3) is 0.611. The third kappa shape index (κ3) is 4.36. The molecule has 0 radical (unpaired) electrons. The van der Waals surface area contributed by atoms with Crippen molar-refractivity contribution in [3.05, 3.63) is 23.9 Å². The number of nitrogens with one attached hydrogen (secondary N) is 1. The zero-order valence-electron chi connectivity index (χ0n) is 15.9. The number of fused-ring (bicyclic) bond motifs is 1. The molecule has 2 aliphatic rings. The highest BCUT2D eigenvalue weighted by molar-refractivity contribution is 5.82. The summed E-state index contributed by atoms with van der Waals surface area (Å²) in [6, 6.07) is 4.05. The van der Waals surface area contributed by atoms with Crippen LogP contribution in [0.15, 0.2) is 23.3 Å². The van der Waals surface area contributed by atoms with Crippen molar-refractivity contribution in [2.75, 3.05) is 33.3 Å². The number of hydrogen-bond donors (Lipinski definition) is 1. The molecule has 1 saturated heterocycles. The Morgan fingerprint density at radius 3 is 2.92 bits per heavy atom. The maximum Gasteiger partial charge on any atom is 0.410 e. The highest BCUT2D eigenvalue weighted by Gasteiger charge is 2.36. The molecule has 1 aromatic heterocycles. The maximum atomic E-state index is 12.3. The van der Waals surface area contributed by atoms with Gasteiger partial charge in [0.05, 0.1) is 19.7 Å². The summed E-state index contributed by atoms with van der Waals surface area (Å²) in [5.74, 6) is 1.48. The number of carbonyl (C=O) groups excluding carboxylic acids is 1. The number of amides is 1. The Kier molecular flexibility index (Phi) is 5.20. The minimum Gasteiger partial charge on any atom is -0.481 e. The molecule has 1 aromatic rings. The van der Waals surface area contributed by atoms with Gasteiger partial charge in [0, 0.05) is 38.4 Å². The van der Waals surface area contributed by atoms with Crippen LogP contribution in [-0.2, 0) is 11.3 Å². The van der Waals surface area contributed by atoms with Gasteiger partial charge in [0.15, 0.2) is 5.96 Å². The van der Waals surface area contributed by atoms with Crippen molar-refractivity contribution in [2.24, 2.45) is 4.99 Å². The van der Waals surface area contributed by atoms with Crippen LogP contribution < -0.4 is 10.1 Å². The molecule has 8 heteroatoms. The number of aliphatic imine (C=N–C) groups is 1. The summed E-state index contributed by atoms with van der Waals surface area (Å²) in [4.78, 5) is 25.0. The highest BCUT2D eigenvalue weighted by atomic mass is 16.6. The lowest BCUT2D eigenvalue weighted by Crippen LogP contribution is -2.57. The molecule has 1 unspecified atom stereocenters. The highest BCUT2D eigenvalue weighted by Crippen LogP contribution is 2.19. The minimum absolute atomic E-state index is 0.200. The molecule has 0 bridgehead atoms. The van der Waals surface area contributed by atoms with Crippen LogP contribution in [0.5, 0.6) is 5.88 Å². The lowest BCUT2D eigenvalue weighted by molar-refractivity contribution is 0.0137. The molecule has 0 aliphatic carbocycles. The number of aromatic nitrogens is 1. The second-order valence-electron chi connectivity index (χ2n) is 7.50. The van der Waals surface area contributed by atoms with Crippen molar-refractivity contribution in [1.82, 2.24) is 20.1 Å². The van der Waals surface area contributed by atoms with Crippen LogP contribution in [0.4, 0.5) is 4.79 Å². The Bertz CT molecular complexity index is 686. The van der Waals surface area contributed by atoms with Crippen molar-refractivity contribution < 1.29 is 14.3 Å². The number of hydrogen-bond acceptors (Lipinski definition) is 7. The Balaban J connectivity index is 1.53. The van der Waals surface area contributed by atoms with Gasteiger partial charge in [-0.25, -0.2) is 9.78 Å². The van der Waals surface area contributed by atoms with Crippen LogP contribution in [0.2, 0.25) is 0 Å². The van der Waals surface area contributed by atoms with Gasteiger partial charge in [-0.1, -0.05) is 0 Å². The summed E-state index contributed by atoms with van der Waals surface area (Å²) in [6.45, 7) is 9.00. The van der Waals surface area contributed by atoms with Gasteiger partial charge in [-0.2, -0.15) is 0 Å². The lowest BCUT2D eigenvalue weighted by atomic mass is 10.2. The average molecular weight is 361 g/mol. The minimum atomic E-state index is -0.474. The number of carbonyl (C=O) groups is 1. The van der Waals surface area contributed by atoms with Gasteiger partial charge in [0.2, 0.25) is 5.88 Å². The molecule has 1 amide bonds. The van der Waals surface area contributed by atoms with Crippen molar-refractivity contribution in [2.45, 2.75) is 39.0 Å². The normalized spacial score (nSPS) is 19.7. The number of pyridine rings is 1. The molecule has 142 valence electrons. The smallest absolute Gasteiger partial charge is 0.410 e. The maximum absolute atomic E-state index is 12.3. The van der Waals surface area contributed by atoms with Gasteiger partial charge < -0.3 is 24.6 Å². The van der Waals surface area contributed by atoms with Crippen LogP contribution >= 0.6 is 0 Å². The van der Waals surface area contributed by atoms with E-state index in [2.05, 4.69) is 20.2 Å². The van der Waals surface area contributed by atoms with Gasteiger partial charge >= 0.3 is 6.09 Å². The fourth-order valence-corrected chi connectivity index (χ4v) is 3.08. The second kappa shape index (κ2) is 7.39. The summed E-state index contributed by atoms with van der Waals surface area (Å²) in [7, 11) is 1.61. The van der Waals surface area contributed by atoms with Crippen LogP contribution in [0.25, 0.3) is 0 Å². The molecule has 0 aromatic carbocycles. The first-order valence-corrected chi connectivity index (χ1v) is 8.87. The van der Waals surface area contributed by atoms with Crippen LogP contribution in [0, 0.1) is 0 Å². The first-order chi connectivity index (χ1) is 12.4. The summed E-state index contributed by atoms with van der Waals surface area (Å²) >= 11 is 0. The van der Waals surface area contributed by atoms with E-state index in [1.54, 1.807) is 18.2 Å². The van der Waals surface area contributed by atoms with E-state index in [0.29, 0.717) is 32.1 Å². The largest absolute Gasteiger partial charge is 0.481 e.